The van der Waals surface area contributed by atoms with Crippen LogP contribution in [0.3, 0.4) is 0 Å². The molecule has 0 bridgehead atoms. The van der Waals surface area contributed by atoms with Crippen molar-refractivity contribution in [2.45, 2.75) is 79.1 Å². The molecule has 0 heterocycles. The normalized spacial score (nSPS) is 10.3. The summed E-state index contributed by atoms with van der Waals surface area (Å²) in [7, 11) is 11.0. The summed E-state index contributed by atoms with van der Waals surface area (Å²) in [5.74, 6) is 1.09. The van der Waals surface area contributed by atoms with Crippen molar-refractivity contribution in [1.29, 1.82) is 0 Å². The maximum atomic E-state index is 9.38. The van der Waals surface area contributed by atoms with Crippen molar-refractivity contribution in [1.82, 2.24) is 10.5 Å². The van der Waals surface area contributed by atoms with Gasteiger partial charge in [0.1, 0.15) is 0 Å². The average molecular weight is 812 g/mol. The van der Waals surface area contributed by atoms with Gasteiger partial charge in [-0.1, -0.05) is 126 Å². The van der Waals surface area contributed by atoms with Crippen LogP contribution in [0.5, 0.6) is 0 Å². The Morgan fingerprint density at radius 1 is 0.615 bits per heavy atom. The van der Waals surface area contributed by atoms with Gasteiger partial charge in [-0.2, -0.15) is 12.1 Å². The molecule has 0 atom stereocenters. The topological polar surface area (TPSA) is 58.2 Å². The van der Waals surface area contributed by atoms with E-state index in [1.807, 2.05) is 0 Å². The van der Waals surface area contributed by atoms with E-state index in [4.69, 9.17) is 17.0 Å². The van der Waals surface area contributed by atoms with Gasteiger partial charge in [-0.15, -0.1) is 69.1 Å². The summed E-state index contributed by atoms with van der Waals surface area (Å²) in [4.78, 5) is 18.8. The first-order chi connectivity index (χ1) is 25.2. The third-order valence-electron chi connectivity index (χ3n) is 8.75. The predicted octanol–water partition coefficient (Wildman–Crippen LogP) is 12.0. The molecule has 0 fully saturated rings. The Kier molecular flexibility index (Phi) is 19.2. The summed E-state index contributed by atoms with van der Waals surface area (Å²) in [6, 6.07) is 40.4. The van der Waals surface area contributed by atoms with E-state index < -0.39 is 20.8 Å². The minimum absolute atomic E-state index is 0.455. The van der Waals surface area contributed by atoms with Crippen LogP contribution >= 0.6 is 17.0 Å². The van der Waals surface area contributed by atoms with E-state index in [-0.39, 0.29) is 0 Å². The Morgan fingerprint density at radius 3 is 1.33 bits per heavy atom. The molecule has 2 N–H and O–H groups in total. The molecule has 0 aromatic heterocycles. The number of fused-ring (bicyclic) bond motifs is 2. The first-order valence-corrected chi connectivity index (χ1v) is 24.3. The van der Waals surface area contributed by atoms with E-state index in [0.717, 1.165) is 7.55 Å². The number of benzene rings is 4. The van der Waals surface area contributed by atoms with E-state index in [0.29, 0.717) is 24.7 Å². The summed E-state index contributed by atoms with van der Waals surface area (Å²) in [6.45, 7) is 13.6. The third-order valence-corrected chi connectivity index (χ3v) is 8.75. The van der Waals surface area contributed by atoms with Crippen molar-refractivity contribution < 1.29 is 30.4 Å². The van der Waals surface area contributed by atoms with Crippen LogP contribution in [0, 0.1) is 0 Å². The van der Waals surface area contributed by atoms with Gasteiger partial charge in [-0.3, -0.25) is 9.59 Å². The Morgan fingerprint density at radius 2 is 0.981 bits per heavy atom. The number of hydrogen-bond acceptors (Lipinski definition) is 2. The predicted molar refractivity (Wildman–Crippen MR) is 222 cm³/mol. The fourth-order valence-electron chi connectivity index (χ4n) is 6.54. The Bertz CT molecular complexity index is 1830. The number of halogens is 2. The molecule has 6 rings (SSSR count). The quantitative estimate of drug-likeness (QED) is 0.0560. The van der Waals surface area contributed by atoms with Crippen LogP contribution in [-0.4, -0.2) is 20.4 Å². The van der Waals surface area contributed by atoms with Gasteiger partial charge >= 0.3 is 45.4 Å². The summed E-state index contributed by atoms with van der Waals surface area (Å²) in [5.41, 5.74) is 11.3. The second kappa shape index (κ2) is 23.3. The summed E-state index contributed by atoms with van der Waals surface area (Å²) in [5, 5.41) is 9.74. The molecule has 0 aliphatic carbocycles. The van der Waals surface area contributed by atoms with Gasteiger partial charge in [0.2, 0.25) is 0 Å². The van der Waals surface area contributed by atoms with E-state index in [1.165, 1.54) is 91.7 Å². The number of rotatable bonds is 12. The van der Waals surface area contributed by atoms with Crippen LogP contribution in [0.15, 0.2) is 109 Å². The molecule has 2 amide bonds. The van der Waals surface area contributed by atoms with Crippen LogP contribution in [0.4, 0.5) is 0 Å². The molecule has 0 saturated carbocycles. The third kappa shape index (κ3) is 12.3. The molecule has 6 aromatic rings. The molecule has 0 aliphatic heterocycles. The van der Waals surface area contributed by atoms with Crippen molar-refractivity contribution in [3.05, 3.63) is 131 Å². The van der Waals surface area contributed by atoms with Crippen LogP contribution in [0.25, 0.3) is 43.8 Å². The van der Waals surface area contributed by atoms with Gasteiger partial charge in [0.25, 0.3) is 0 Å². The van der Waals surface area contributed by atoms with Crippen LogP contribution in [-0.2, 0) is 43.3 Å². The molecule has 6 aromatic carbocycles. The van der Waals surface area contributed by atoms with E-state index >= 15 is 0 Å². The van der Waals surface area contributed by atoms with Gasteiger partial charge in [0, 0.05) is 0 Å². The zero-order valence-corrected chi connectivity index (χ0v) is 35.1. The van der Waals surface area contributed by atoms with Gasteiger partial charge in [-0.05, 0) is 46.9 Å². The van der Waals surface area contributed by atoms with Crippen LogP contribution < -0.4 is 10.5 Å². The molecule has 1 radical (unpaired) electrons. The van der Waals surface area contributed by atoms with Crippen molar-refractivity contribution in [2.75, 3.05) is 0 Å². The second-order valence-corrected chi connectivity index (χ2v) is 16.8. The van der Waals surface area contributed by atoms with Crippen molar-refractivity contribution in [3.63, 3.8) is 0 Å². The minimum atomic E-state index is -0.826. The fourth-order valence-corrected chi connectivity index (χ4v) is 6.54. The Balaban J connectivity index is 0.000000224. The van der Waals surface area contributed by atoms with Gasteiger partial charge in [0.15, 0.2) is 12.8 Å². The summed E-state index contributed by atoms with van der Waals surface area (Å²) in [6.07, 6.45) is 5.65. The summed E-state index contributed by atoms with van der Waals surface area (Å²) >= 11 is -0.826. The maximum absolute atomic E-state index is 9.38. The number of amides is 2. The number of aryl methyl sites for hydroxylation is 2. The molecule has 269 valence electrons. The van der Waals surface area contributed by atoms with Crippen LogP contribution in [0.1, 0.15) is 88.5 Å². The first-order valence-electron chi connectivity index (χ1n) is 18.0. The number of carbonyl (C=O) groups excluding carboxylic acids is 2. The van der Waals surface area contributed by atoms with Crippen molar-refractivity contribution >= 4 is 58.9 Å². The standard InChI is InChI=1S/2C21H23.C2H4BN2O2.2ClH.Zr/c2*1-4-8-16-13-17-9-7-12-20(21(17)14-16)19-11-6-5-10-18(19)15(2)3;6-1-4-3-5-2-7;;;/h2*5-7,9-15H,4,8H2,1-3H3;1-2H,(H,4,6)(H,5,7);2*1H;/q2*-1;;;;+4/p-2. The van der Waals surface area contributed by atoms with E-state index in [2.05, 4.69) is 161 Å². The van der Waals surface area contributed by atoms with E-state index in [9.17, 15) is 9.59 Å². The van der Waals surface area contributed by atoms with Crippen molar-refractivity contribution in [3.8, 4) is 22.3 Å². The molecular formula is C44H50BCl2N2O2Zr. The SMILES string of the molecule is CCCc1cc2c(-c3ccccc3C(C)C)cccc2[cH-]1.CCCc1cc2c(-c3ccccc3C(C)C)cccc2[cH-]1.O=CN[B]NC=O.[Cl][Zr+2][Cl]. The molecule has 8 heteroatoms. The molecule has 52 heavy (non-hydrogen) atoms. The average Bonchev–Trinajstić information content (AvgIpc) is 3.76. The molecule has 0 saturated heterocycles. The van der Waals surface area contributed by atoms with E-state index in [1.54, 1.807) is 0 Å². The Labute approximate surface area is 330 Å². The molecule has 0 spiro atoms. The molecule has 4 nitrogen and oxygen atoms in total. The number of nitrogens with one attached hydrogen (secondary N) is 2. The van der Waals surface area contributed by atoms with Crippen LogP contribution in [0.2, 0.25) is 0 Å². The van der Waals surface area contributed by atoms with Crippen molar-refractivity contribution in [2.24, 2.45) is 0 Å². The van der Waals surface area contributed by atoms with Gasteiger partial charge in [-0.25, -0.2) is 0 Å². The Hall–Kier alpha value is -3.43. The number of hydrogen-bond donors (Lipinski definition) is 2. The fraction of sp³-hybridized carbons (Fsp3) is 0.273. The molecular weight excluding hydrogens is 761 g/mol. The number of carbonyl (C=O) groups is 2. The molecule has 0 unspecified atom stereocenters. The van der Waals surface area contributed by atoms with Gasteiger partial charge < -0.3 is 10.5 Å². The summed E-state index contributed by atoms with van der Waals surface area (Å²) < 4.78 is 0. The monoisotopic (exact) mass is 809 g/mol. The first kappa shape index (κ1) is 43.0. The zero-order valence-electron chi connectivity index (χ0n) is 31.2. The second-order valence-electron chi connectivity index (χ2n) is 13.1. The van der Waals surface area contributed by atoms with Gasteiger partial charge in [0.05, 0.1) is 0 Å². The molecule has 0 aliphatic rings. The zero-order chi connectivity index (χ0) is 37.9.